The third-order valence-electron chi connectivity index (χ3n) is 3.21. The summed E-state index contributed by atoms with van der Waals surface area (Å²) < 4.78 is 5.26. The average Bonchev–Trinajstić information content (AvgIpc) is 2.81. The number of urea groups is 1. The second-order valence-electron chi connectivity index (χ2n) is 4.63. The molecule has 0 aliphatic carbocycles. The SMILES string of the molecule is O=C(NCC1CCOC1)NC1CCCNC1. The Kier molecular flexibility index (Phi) is 4.42. The molecular weight excluding hydrogens is 206 g/mol. The first-order valence-corrected chi connectivity index (χ1v) is 6.17. The number of rotatable bonds is 3. The van der Waals surface area contributed by atoms with Crippen LogP contribution in [0, 0.1) is 5.92 Å². The van der Waals surface area contributed by atoms with Gasteiger partial charge in [0.05, 0.1) is 6.61 Å². The molecule has 2 unspecified atom stereocenters. The summed E-state index contributed by atoms with van der Waals surface area (Å²) in [6.45, 7) is 4.30. The Labute approximate surface area is 96.3 Å². The van der Waals surface area contributed by atoms with Crippen molar-refractivity contribution in [3.05, 3.63) is 0 Å². The molecule has 5 heteroatoms. The Hall–Kier alpha value is -0.810. The fourth-order valence-corrected chi connectivity index (χ4v) is 2.19. The molecule has 16 heavy (non-hydrogen) atoms. The van der Waals surface area contributed by atoms with Crippen molar-refractivity contribution < 1.29 is 9.53 Å². The van der Waals surface area contributed by atoms with Crippen LogP contribution in [-0.2, 0) is 4.74 Å². The summed E-state index contributed by atoms with van der Waals surface area (Å²) in [7, 11) is 0. The summed E-state index contributed by atoms with van der Waals surface area (Å²) >= 11 is 0. The van der Waals surface area contributed by atoms with E-state index in [9.17, 15) is 4.79 Å². The minimum atomic E-state index is -0.0411. The molecule has 0 aromatic rings. The lowest BCUT2D eigenvalue weighted by Crippen LogP contribution is -2.49. The molecule has 2 aliphatic heterocycles. The first-order valence-electron chi connectivity index (χ1n) is 6.17. The van der Waals surface area contributed by atoms with Gasteiger partial charge in [0.1, 0.15) is 0 Å². The van der Waals surface area contributed by atoms with Gasteiger partial charge in [-0.25, -0.2) is 4.79 Å². The molecule has 2 atom stereocenters. The molecule has 3 N–H and O–H groups in total. The van der Waals surface area contributed by atoms with Crippen LogP contribution in [0.25, 0.3) is 0 Å². The lowest BCUT2D eigenvalue weighted by molar-refractivity contribution is 0.184. The Morgan fingerprint density at radius 1 is 1.44 bits per heavy atom. The zero-order valence-electron chi connectivity index (χ0n) is 9.63. The van der Waals surface area contributed by atoms with E-state index in [1.807, 2.05) is 0 Å². The fraction of sp³-hybridized carbons (Fsp3) is 0.909. The van der Waals surface area contributed by atoms with Crippen molar-refractivity contribution in [1.29, 1.82) is 0 Å². The van der Waals surface area contributed by atoms with Crippen LogP contribution in [0.1, 0.15) is 19.3 Å². The number of hydrogen-bond donors (Lipinski definition) is 3. The summed E-state index contributed by atoms with van der Waals surface area (Å²) in [5, 5.41) is 9.18. The highest BCUT2D eigenvalue weighted by Crippen LogP contribution is 2.10. The van der Waals surface area contributed by atoms with E-state index < -0.39 is 0 Å². The van der Waals surface area contributed by atoms with E-state index in [0.29, 0.717) is 5.92 Å². The number of piperidine rings is 1. The molecule has 0 bridgehead atoms. The van der Waals surface area contributed by atoms with Gasteiger partial charge < -0.3 is 20.7 Å². The Morgan fingerprint density at radius 2 is 2.38 bits per heavy atom. The summed E-state index contributed by atoms with van der Waals surface area (Å²) in [5.74, 6) is 0.496. The Morgan fingerprint density at radius 3 is 3.06 bits per heavy atom. The van der Waals surface area contributed by atoms with Crippen molar-refractivity contribution in [2.24, 2.45) is 5.92 Å². The highest BCUT2D eigenvalue weighted by Gasteiger charge is 2.18. The van der Waals surface area contributed by atoms with Crippen LogP contribution < -0.4 is 16.0 Å². The number of carbonyl (C=O) groups is 1. The van der Waals surface area contributed by atoms with Crippen LogP contribution >= 0.6 is 0 Å². The van der Waals surface area contributed by atoms with Gasteiger partial charge in [0.25, 0.3) is 0 Å². The van der Waals surface area contributed by atoms with Gasteiger partial charge in [-0.05, 0) is 25.8 Å². The van der Waals surface area contributed by atoms with E-state index in [4.69, 9.17) is 4.74 Å². The van der Waals surface area contributed by atoms with Gasteiger partial charge in [0.15, 0.2) is 0 Å². The predicted octanol–water partition coefficient (Wildman–Crippen LogP) is 0.0741. The van der Waals surface area contributed by atoms with Crippen LogP contribution in [0.4, 0.5) is 4.79 Å². The monoisotopic (exact) mass is 227 g/mol. The zero-order valence-corrected chi connectivity index (χ0v) is 9.63. The summed E-state index contributed by atoms with van der Waals surface area (Å²) in [4.78, 5) is 11.6. The lowest BCUT2D eigenvalue weighted by Gasteiger charge is -2.24. The van der Waals surface area contributed by atoms with Crippen LogP contribution in [0.5, 0.6) is 0 Å². The van der Waals surface area contributed by atoms with E-state index in [1.54, 1.807) is 0 Å². The number of hydrogen-bond acceptors (Lipinski definition) is 3. The minimum Gasteiger partial charge on any atom is -0.381 e. The third kappa shape index (κ3) is 3.64. The average molecular weight is 227 g/mol. The Balaban J connectivity index is 1.59. The largest absolute Gasteiger partial charge is 0.381 e. The van der Waals surface area contributed by atoms with Gasteiger partial charge in [-0.15, -0.1) is 0 Å². The fourth-order valence-electron chi connectivity index (χ4n) is 2.19. The van der Waals surface area contributed by atoms with E-state index in [1.165, 1.54) is 0 Å². The first kappa shape index (κ1) is 11.7. The molecule has 0 aromatic heterocycles. The molecule has 2 heterocycles. The van der Waals surface area contributed by atoms with Crippen LogP contribution in [0.15, 0.2) is 0 Å². The molecule has 5 nitrogen and oxygen atoms in total. The van der Waals surface area contributed by atoms with Crippen molar-refractivity contribution in [3.63, 3.8) is 0 Å². The quantitative estimate of drug-likeness (QED) is 0.639. The van der Waals surface area contributed by atoms with E-state index in [-0.39, 0.29) is 12.1 Å². The van der Waals surface area contributed by atoms with Crippen molar-refractivity contribution >= 4 is 6.03 Å². The molecule has 2 fully saturated rings. The van der Waals surface area contributed by atoms with Crippen LogP contribution in [-0.4, -0.2) is 44.9 Å². The molecule has 2 aliphatic rings. The number of nitrogens with one attached hydrogen (secondary N) is 3. The maximum absolute atomic E-state index is 11.6. The normalized spacial score (nSPS) is 30.0. The molecule has 0 saturated carbocycles. The number of ether oxygens (including phenoxy) is 1. The van der Waals surface area contributed by atoms with Crippen molar-refractivity contribution in [2.45, 2.75) is 25.3 Å². The predicted molar refractivity (Wildman–Crippen MR) is 61.4 cm³/mol. The molecule has 2 amide bonds. The highest BCUT2D eigenvalue weighted by atomic mass is 16.5. The lowest BCUT2D eigenvalue weighted by atomic mass is 10.1. The van der Waals surface area contributed by atoms with E-state index in [0.717, 1.165) is 52.1 Å². The molecule has 92 valence electrons. The molecule has 2 saturated heterocycles. The topological polar surface area (TPSA) is 62.4 Å². The zero-order chi connectivity index (χ0) is 11.2. The van der Waals surface area contributed by atoms with E-state index >= 15 is 0 Å². The Bertz CT molecular complexity index is 223. The number of amides is 2. The summed E-state index contributed by atoms with van der Waals surface area (Å²) in [6, 6.07) is 0.245. The van der Waals surface area contributed by atoms with Gasteiger partial charge in [0, 0.05) is 31.7 Å². The van der Waals surface area contributed by atoms with Crippen molar-refractivity contribution in [3.8, 4) is 0 Å². The maximum Gasteiger partial charge on any atom is 0.315 e. The highest BCUT2D eigenvalue weighted by molar-refractivity contribution is 5.74. The molecule has 0 aromatic carbocycles. The molecule has 0 spiro atoms. The standard InChI is InChI=1S/C11H21N3O2/c15-11(13-6-9-3-5-16-8-9)14-10-2-1-4-12-7-10/h9-10,12H,1-8H2,(H2,13,14,15). The number of carbonyl (C=O) groups excluding carboxylic acids is 1. The minimum absolute atomic E-state index is 0.0411. The van der Waals surface area contributed by atoms with Gasteiger partial charge in [-0.3, -0.25) is 0 Å². The molecule has 0 radical (unpaired) electrons. The maximum atomic E-state index is 11.6. The second-order valence-corrected chi connectivity index (χ2v) is 4.63. The van der Waals surface area contributed by atoms with Gasteiger partial charge in [-0.1, -0.05) is 0 Å². The third-order valence-corrected chi connectivity index (χ3v) is 3.21. The smallest absolute Gasteiger partial charge is 0.315 e. The molecular formula is C11H21N3O2. The van der Waals surface area contributed by atoms with Crippen molar-refractivity contribution in [1.82, 2.24) is 16.0 Å². The van der Waals surface area contributed by atoms with Crippen LogP contribution in [0.2, 0.25) is 0 Å². The van der Waals surface area contributed by atoms with Gasteiger partial charge in [-0.2, -0.15) is 0 Å². The molecule has 2 rings (SSSR count). The summed E-state index contributed by atoms with van der Waals surface area (Å²) in [6.07, 6.45) is 3.28. The van der Waals surface area contributed by atoms with Crippen LogP contribution in [0.3, 0.4) is 0 Å². The summed E-state index contributed by atoms with van der Waals surface area (Å²) in [5.41, 5.74) is 0. The van der Waals surface area contributed by atoms with Gasteiger partial charge in [0.2, 0.25) is 0 Å². The second kappa shape index (κ2) is 6.06. The first-order chi connectivity index (χ1) is 7.84. The van der Waals surface area contributed by atoms with E-state index in [2.05, 4.69) is 16.0 Å². The van der Waals surface area contributed by atoms with Gasteiger partial charge >= 0.3 is 6.03 Å². The van der Waals surface area contributed by atoms with Crippen molar-refractivity contribution in [2.75, 3.05) is 32.8 Å².